The Bertz CT molecular complexity index is 307. The van der Waals surface area contributed by atoms with E-state index in [2.05, 4.69) is 23.8 Å². The molecule has 0 aliphatic carbocycles. The lowest BCUT2D eigenvalue weighted by Gasteiger charge is -2.17. The number of nitrogens with one attached hydrogen (secondary N) is 1. The number of hydrogen-bond donors (Lipinski definition) is 2. The highest BCUT2D eigenvalue weighted by atomic mass is 32.1. The predicted octanol–water partition coefficient (Wildman–Crippen LogP) is 1.99. The van der Waals surface area contributed by atoms with Gasteiger partial charge in [0, 0.05) is 24.1 Å². The minimum Gasteiger partial charge on any atom is -0.381 e. The van der Waals surface area contributed by atoms with Gasteiger partial charge >= 0.3 is 0 Å². The second-order valence-corrected chi connectivity index (χ2v) is 5.29. The van der Waals surface area contributed by atoms with Crippen molar-refractivity contribution < 1.29 is 4.74 Å². The van der Waals surface area contributed by atoms with E-state index in [4.69, 9.17) is 10.6 Å². The molecule has 84 valence electrons. The van der Waals surface area contributed by atoms with E-state index in [1.165, 1.54) is 16.9 Å². The van der Waals surface area contributed by atoms with Gasteiger partial charge in [-0.15, -0.1) is 11.3 Å². The average molecular weight is 226 g/mol. The lowest BCUT2D eigenvalue weighted by molar-refractivity contribution is 0.181. The molecular formula is C11H18N2OS. The quantitative estimate of drug-likeness (QED) is 0.609. The van der Waals surface area contributed by atoms with Crippen LogP contribution in [0.3, 0.4) is 0 Å². The van der Waals surface area contributed by atoms with Crippen molar-refractivity contribution >= 4 is 11.3 Å². The maximum absolute atomic E-state index is 5.61. The fourth-order valence-electron chi connectivity index (χ4n) is 2.05. The zero-order valence-corrected chi connectivity index (χ0v) is 9.85. The van der Waals surface area contributed by atoms with Crippen molar-refractivity contribution in [1.29, 1.82) is 0 Å². The maximum atomic E-state index is 5.61. The van der Waals surface area contributed by atoms with Crippen molar-refractivity contribution in [2.24, 2.45) is 11.8 Å². The summed E-state index contributed by atoms with van der Waals surface area (Å²) in [4.78, 5) is 1.34. The van der Waals surface area contributed by atoms with E-state index in [0.717, 1.165) is 19.6 Å². The van der Waals surface area contributed by atoms with Crippen molar-refractivity contribution in [1.82, 2.24) is 5.43 Å². The van der Waals surface area contributed by atoms with E-state index in [0.29, 0.717) is 5.92 Å². The minimum absolute atomic E-state index is 0.279. The first-order valence-corrected chi connectivity index (χ1v) is 6.26. The highest BCUT2D eigenvalue weighted by molar-refractivity contribution is 7.10. The fourth-order valence-corrected chi connectivity index (χ4v) is 2.81. The molecule has 0 aromatic carbocycles. The van der Waals surface area contributed by atoms with Gasteiger partial charge in [-0.3, -0.25) is 11.3 Å². The fraction of sp³-hybridized carbons (Fsp3) is 0.636. The molecule has 2 unspecified atom stereocenters. The molecule has 0 spiro atoms. The van der Waals surface area contributed by atoms with Crippen LogP contribution in [0.5, 0.6) is 0 Å². The normalized spacial score (nSPS) is 23.2. The number of nitrogens with two attached hydrogens (primary N) is 1. The van der Waals surface area contributed by atoms with E-state index >= 15 is 0 Å². The first-order valence-electron chi connectivity index (χ1n) is 5.38. The highest BCUT2D eigenvalue weighted by Gasteiger charge is 2.21. The van der Waals surface area contributed by atoms with E-state index in [1.54, 1.807) is 11.3 Å². The molecule has 1 saturated heterocycles. The Labute approximate surface area is 94.6 Å². The van der Waals surface area contributed by atoms with Gasteiger partial charge in [0.1, 0.15) is 0 Å². The molecule has 0 amide bonds. The highest BCUT2D eigenvalue weighted by Crippen LogP contribution is 2.28. The molecule has 2 atom stereocenters. The molecule has 2 heterocycles. The van der Waals surface area contributed by atoms with Crippen molar-refractivity contribution in [3.05, 3.63) is 21.9 Å². The Morgan fingerprint density at radius 2 is 2.60 bits per heavy atom. The van der Waals surface area contributed by atoms with Crippen LogP contribution in [-0.4, -0.2) is 13.2 Å². The molecular weight excluding hydrogens is 208 g/mol. The van der Waals surface area contributed by atoms with Crippen LogP contribution in [0.25, 0.3) is 0 Å². The van der Waals surface area contributed by atoms with Crippen molar-refractivity contribution in [2.45, 2.75) is 25.8 Å². The third kappa shape index (κ3) is 2.78. The third-order valence-electron chi connectivity index (χ3n) is 2.95. The van der Waals surface area contributed by atoms with Crippen LogP contribution in [0.1, 0.15) is 29.3 Å². The van der Waals surface area contributed by atoms with E-state index in [1.807, 2.05) is 0 Å². The van der Waals surface area contributed by atoms with Crippen LogP contribution in [0.15, 0.2) is 11.4 Å². The van der Waals surface area contributed by atoms with Gasteiger partial charge in [0.15, 0.2) is 0 Å². The van der Waals surface area contributed by atoms with Crippen molar-refractivity contribution in [3.63, 3.8) is 0 Å². The smallest absolute Gasteiger partial charge is 0.0495 e. The Morgan fingerprint density at radius 3 is 3.13 bits per heavy atom. The second kappa shape index (κ2) is 5.07. The molecule has 15 heavy (non-hydrogen) atoms. The summed E-state index contributed by atoms with van der Waals surface area (Å²) in [5.41, 5.74) is 4.22. The van der Waals surface area contributed by atoms with Gasteiger partial charge in [-0.1, -0.05) is 0 Å². The monoisotopic (exact) mass is 226 g/mol. The Kier molecular flexibility index (Phi) is 3.75. The molecule has 1 aliphatic heterocycles. The number of hydrogen-bond acceptors (Lipinski definition) is 4. The topological polar surface area (TPSA) is 47.3 Å². The average Bonchev–Trinajstić information content (AvgIpc) is 2.85. The van der Waals surface area contributed by atoms with Crippen LogP contribution in [0, 0.1) is 12.8 Å². The lowest BCUT2D eigenvalue weighted by Crippen LogP contribution is -2.29. The second-order valence-electron chi connectivity index (χ2n) is 4.18. The summed E-state index contributed by atoms with van der Waals surface area (Å²) in [6, 6.07) is 2.49. The Balaban J connectivity index is 1.97. The number of thiophene rings is 1. The van der Waals surface area contributed by atoms with Gasteiger partial charge < -0.3 is 4.74 Å². The standard InChI is InChI=1S/C11H18N2OS/c1-8-4-10(7-15-8)11(13-12)5-9-2-3-14-6-9/h4,7,9,11,13H,2-3,5-6,12H2,1H3. The molecule has 0 saturated carbocycles. The van der Waals surface area contributed by atoms with Gasteiger partial charge in [-0.25, -0.2) is 0 Å². The van der Waals surface area contributed by atoms with Crippen molar-refractivity contribution in [3.8, 4) is 0 Å². The summed E-state index contributed by atoms with van der Waals surface area (Å²) >= 11 is 1.78. The SMILES string of the molecule is Cc1cc(C(CC2CCOC2)NN)cs1. The molecule has 1 aliphatic rings. The molecule has 0 bridgehead atoms. The van der Waals surface area contributed by atoms with Gasteiger partial charge in [0.2, 0.25) is 0 Å². The summed E-state index contributed by atoms with van der Waals surface area (Å²) in [6.45, 7) is 3.92. The van der Waals surface area contributed by atoms with E-state index < -0.39 is 0 Å². The van der Waals surface area contributed by atoms with E-state index in [9.17, 15) is 0 Å². The molecule has 1 fully saturated rings. The van der Waals surface area contributed by atoms with Crippen LogP contribution in [0.4, 0.5) is 0 Å². The summed E-state index contributed by atoms with van der Waals surface area (Å²) < 4.78 is 5.38. The summed E-state index contributed by atoms with van der Waals surface area (Å²) in [5.74, 6) is 6.26. The number of ether oxygens (including phenoxy) is 1. The number of aryl methyl sites for hydroxylation is 1. The molecule has 1 aromatic rings. The van der Waals surface area contributed by atoms with Gasteiger partial charge in [-0.05, 0) is 42.7 Å². The molecule has 1 aromatic heterocycles. The number of rotatable bonds is 4. The summed E-state index contributed by atoms with van der Waals surface area (Å²) in [6.07, 6.45) is 2.24. The molecule has 2 rings (SSSR count). The zero-order valence-electron chi connectivity index (χ0n) is 9.03. The summed E-state index contributed by atoms with van der Waals surface area (Å²) in [5, 5.41) is 2.19. The van der Waals surface area contributed by atoms with Crippen molar-refractivity contribution in [2.75, 3.05) is 13.2 Å². The Hall–Kier alpha value is -0.420. The lowest BCUT2D eigenvalue weighted by atomic mass is 9.96. The largest absolute Gasteiger partial charge is 0.381 e. The van der Waals surface area contributed by atoms with Crippen LogP contribution >= 0.6 is 11.3 Å². The van der Waals surface area contributed by atoms with Gasteiger partial charge in [0.05, 0.1) is 0 Å². The molecule has 3 nitrogen and oxygen atoms in total. The van der Waals surface area contributed by atoms with Gasteiger partial charge in [0.25, 0.3) is 0 Å². The van der Waals surface area contributed by atoms with Crippen LogP contribution in [-0.2, 0) is 4.74 Å². The molecule has 4 heteroatoms. The third-order valence-corrected chi connectivity index (χ3v) is 3.83. The van der Waals surface area contributed by atoms with Gasteiger partial charge in [-0.2, -0.15) is 0 Å². The zero-order chi connectivity index (χ0) is 10.7. The minimum atomic E-state index is 0.279. The first kappa shape index (κ1) is 11.1. The molecule has 0 radical (unpaired) electrons. The van der Waals surface area contributed by atoms with E-state index in [-0.39, 0.29) is 6.04 Å². The van der Waals surface area contributed by atoms with Crippen LogP contribution < -0.4 is 11.3 Å². The summed E-state index contributed by atoms with van der Waals surface area (Å²) in [7, 11) is 0. The maximum Gasteiger partial charge on any atom is 0.0495 e. The Morgan fingerprint density at radius 1 is 1.73 bits per heavy atom. The predicted molar refractivity (Wildman–Crippen MR) is 62.7 cm³/mol. The first-order chi connectivity index (χ1) is 7.29. The van der Waals surface area contributed by atoms with Crippen LogP contribution in [0.2, 0.25) is 0 Å². The molecule has 3 N–H and O–H groups in total. The number of hydrazine groups is 1.